The number of ether oxygens (including phenoxy) is 1. The average Bonchev–Trinajstić information content (AvgIpc) is 3.20. The molecule has 0 radical (unpaired) electrons. The van der Waals surface area contributed by atoms with Gasteiger partial charge in [0.1, 0.15) is 12.4 Å². The van der Waals surface area contributed by atoms with Gasteiger partial charge in [-0.1, -0.05) is 35.9 Å². The van der Waals surface area contributed by atoms with Crippen molar-refractivity contribution in [1.29, 1.82) is 0 Å². The zero-order valence-corrected chi connectivity index (χ0v) is 19.4. The highest BCUT2D eigenvalue weighted by atomic mass is 35.5. The van der Waals surface area contributed by atoms with Crippen LogP contribution in [0.4, 0.5) is 8.78 Å². The molecule has 1 N–H and O–H groups in total. The molecule has 0 unspecified atom stereocenters. The molecule has 0 saturated carbocycles. The fourth-order valence-corrected chi connectivity index (χ4v) is 4.09. The molecule has 0 aliphatic rings. The molecule has 0 bridgehead atoms. The van der Waals surface area contributed by atoms with E-state index in [1.807, 2.05) is 12.1 Å². The summed E-state index contributed by atoms with van der Waals surface area (Å²) in [6, 6.07) is 19.2. The first-order valence-electron chi connectivity index (χ1n) is 10.9. The third kappa shape index (κ3) is 4.76. The van der Waals surface area contributed by atoms with Gasteiger partial charge in [0.15, 0.2) is 11.6 Å². The summed E-state index contributed by atoms with van der Waals surface area (Å²) < 4.78 is 35.9. The van der Waals surface area contributed by atoms with Gasteiger partial charge in [0.25, 0.3) is 0 Å². The van der Waals surface area contributed by atoms with Crippen LogP contribution in [0.25, 0.3) is 22.4 Å². The van der Waals surface area contributed by atoms with Crippen molar-refractivity contribution in [2.45, 2.75) is 13.2 Å². The lowest BCUT2D eigenvalue weighted by Gasteiger charge is -2.13. The van der Waals surface area contributed by atoms with E-state index in [1.165, 1.54) is 12.1 Å². The predicted octanol–water partition coefficient (Wildman–Crippen LogP) is 6.36. The fourth-order valence-electron chi connectivity index (χ4n) is 3.87. The van der Waals surface area contributed by atoms with Gasteiger partial charge >= 0.3 is 5.97 Å². The van der Waals surface area contributed by atoms with Gasteiger partial charge in [-0.25, -0.2) is 23.5 Å². The summed E-state index contributed by atoms with van der Waals surface area (Å²) in [5.74, 6) is -2.30. The maximum absolute atomic E-state index is 14.2. The third-order valence-electron chi connectivity index (χ3n) is 5.61. The molecule has 2 heterocycles. The first-order chi connectivity index (χ1) is 17.4. The van der Waals surface area contributed by atoms with E-state index in [-0.39, 0.29) is 23.6 Å². The molecule has 2 aromatic heterocycles. The van der Waals surface area contributed by atoms with E-state index >= 15 is 0 Å². The van der Waals surface area contributed by atoms with E-state index in [9.17, 15) is 13.6 Å². The molecule has 0 aliphatic carbocycles. The maximum atomic E-state index is 14.2. The molecular weight excluding hydrogens is 488 g/mol. The Morgan fingerprint density at radius 3 is 2.50 bits per heavy atom. The van der Waals surface area contributed by atoms with Gasteiger partial charge < -0.3 is 14.4 Å². The Balaban J connectivity index is 1.55. The topological polar surface area (TPSA) is 77.2 Å². The zero-order valence-electron chi connectivity index (χ0n) is 18.7. The summed E-state index contributed by atoms with van der Waals surface area (Å²) in [7, 11) is 0. The SMILES string of the molecule is O=C(O)c1ccc(COc2ncccc2-c2nc3cc(F)c(F)cc3n2Cc2cccc(Cl)c2)cc1. The van der Waals surface area contributed by atoms with Gasteiger partial charge in [-0.3, -0.25) is 0 Å². The van der Waals surface area contributed by atoms with E-state index in [0.29, 0.717) is 28.5 Å². The molecule has 0 spiro atoms. The second-order valence-electron chi connectivity index (χ2n) is 8.05. The standard InChI is InChI=1S/C27H18ClF2N3O3/c28-19-4-1-3-17(11-19)14-33-24-13-22(30)21(29)12-23(24)32-25(33)20-5-2-10-31-26(20)36-15-16-6-8-18(9-7-16)27(34)35/h1-13H,14-15H2,(H,34,35). The molecule has 180 valence electrons. The van der Waals surface area contributed by atoms with Gasteiger partial charge in [-0.15, -0.1) is 0 Å². The minimum absolute atomic E-state index is 0.127. The van der Waals surface area contributed by atoms with Crippen molar-refractivity contribution in [3.63, 3.8) is 0 Å². The van der Waals surface area contributed by atoms with Crippen LogP contribution in [0.1, 0.15) is 21.5 Å². The first kappa shape index (κ1) is 23.4. The number of nitrogens with zero attached hydrogens (tertiary/aromatic N) is 3. The number of pyridine rings is 1. The number of imidazole rings is 1. The molecular formula is C27H18ClF2N3O3. The van der Waals surface area contributed by atoms with Crippen LogP contribution in [-0.2, 0) is 13.2 Å². The van der Waals surface area contributed by atoms with Crippen LogP contribution in [0.3, 0.4) is 0 Å². The smallest absolute Gasteiger partial charge is 0.335 e. The van der Waals surface area contributed by atoms with E-state index in [1.54, 1.807) is 47.2 Å². The Morgan fingerprint density at radius 2 is 1.75 bits per heavy atom. The van der Waals surface area contributed by atoms with Gasteiger partial charge in [0, 0.05) is 29.9 Å². The van der Waals surface area contributed by atoms with Crippen LogP contribution in [0, 0.1) is 11.6 Å². The quantitative estimate of drug-likeness (QED) is 0.279. The summed E-state index contributed by atoms with van der Waals surface area (Å²) in [4.78, 5) is 20.0. The lowest BCUT2D eigenvalue weighted by molar-refractivity contribution is 0.0697. The molecule has 36 heavy (non-hydrogen) atoms. The Labute approximate surface area is 209 Å². The Kier molecular flexibility index (Phi) is 6.35. The lowest BCUT2D eigenvalue weighted by Crippen LogP contribution is -2.05. The minimum Gasteiger partial charge on any atom is -0.478 e. The first-order valence-corrected chi connectivity index (χ1v) is 11.3. The number of hydrogen-bond donors (Lipinski definition) is 1. The second kappa shape index (κ2) is 9.75. The van der Waals surface area contributed by atoms with E-state index in [4.69, 9.17) is 21.4 Å². The predicted molar refractivity (Wildman–Crippen MR) is 131 cm³/mol. The minimum atomic E-state index is -1.01. The third-order valence-corrected chi connectivity index (χ3v) is 5.84. The molecule has 0 atom stereocenters. The van der Waals surface area contributed by atoms with Crippen LogP contribution < -0.4 is 4.74 Å². The number of halogens is 3. The molecule has 6 nitrogen and oxygen atoms in total. The molecule has 0 saturated heterocycles. The molecule has 0 aliphatic heterocycles. The number of aromatic carboxylic acids is 1. The zero-order chi connectivity index (χ0) is 25.2. The average molecular weight is 506 g/mol. The molecule has 3 aromatic carbocycles. The number of fused-ring (bicyclic) bond motifs is 1. The number of benzene rings is 3. The Bertz CT molecular complexity index is 1590. The summed E-state index contributed by atoms with van der Waals surface area (Å²) in [6.07, 6.45) is 1.57. The van der Waals surface area contributed by atoms with Crippen molar-refractivity contribution < 1.29 is 23.4 Å². The molecule has 0 fully saturated rings. The summed E-state index contributed by atoms with van der Waals surface area (Å²) in [5.41, 5.74) is 2.98. The van der Waals surface area contributed by atoms with Crippen LogP contribution >= 0.6 is 11.6 Å². The molecule has 5 aromatic rings. The van der Waals surface area contributed by atoms with E-state index in [0.717, 1.165) is 23.3 Å². The summed E-state index contributed by atoms with van der Waals surface area (Å²) in [5, 5.41) is 9.63. The number of carboxylic acids is 1. The van der Waals surface area contributed by atoms with Crippen LogP contribution in [-0.4, -0.2) is 25.6 Å². The molecule has 5 rings (SSSR count). The number of carboxylic acid groups (broad SMARTS) is 1. The van der Waals surface area contributed by atoms with Crippen molar-refractivity contribution in [3.8, 4) is 17.3 Å². The van der Waals surface area contributed by atoms with Gasteiger partial charge in [0.2, 0.25) is 5.88 Å². The second-order valence-corrected chi connectivity index (χ2v) is 8.49. The fraction of sp³-hybridized carbons (Fsp3) is 0.0741. The molecule has 9 heteroatoms. The maximum Gasteiger partial charge on any atom is 0.335 e. The Morgan fingerprint density at radius 1 is 0.972 bits per heavy atom. The number of aromatic nitrogens is 3. The van der Waals surface area contributed by atoms with Crippen molar-refractivity contribution in [3.05, 3.63) is 112 Å². The largest absolute Gasteiger partial charge is 0.478 e. The highest BCUT2D eigenvalue weighted by molar-refractivity contribution is 6.30. The number of carbonyl (C=O) groups is 1. The normalized spacial score (nSPS) is 11.1. The highest BCUT2D eigenvalue weighted by Gasteiger charge is 2.20. The Hall–Kier alpha value is -4.30. The monoisotopic (exact) mass is 505 g/mol. The highest BCUT2D eigenvalue weighted by Crippen LogP contribution is 2.32. The van der Waals surface area contributed by atoms with Gasteiger partial charge in [0.05, 0.1) is 22.2 Å². The van der Waals surface area contributed by atoms with E-state index in [2.05, 4.69) is 9.97 Å². The number of rotatable bonds is 7. The number of hydrogen-bond acceptors (Lipinski definition) is 4. The van der Waals surface area contributed by atoms with Crippen LogP contribution in [0.2, 0.25) is 5.02 Å². The summed E-state index contributed by atoms with van der Waals surface area (Å²) in [6.45, 7) is 0.421. The van der Waals surface area contributed by atoms with Crippen molar-refractivity contribution >= 4 is 28.6 Å². The lowest BCUT2D eigenvalue weighted by atomic mass is 10.1. The van der Waals surface area contributed by atoms with Gasteiger partial charge in [-0.2, -0.15) is 0 Å². The van der Waals surface area contributed by atoms with Crippen LogP contribution in [0.5, 0.6) is 5.88 Å². The van der Waals surface area contributed by atoms with Gasteiger partial charge in [-0.05, 0) is 47.5 Å². The van der Waals surface area contributed by atoms with E-state index < -0.39 is 17.6 Å². The van der Waals surface area contributed by atoms with Crippen LogP contribution in [0.15, 0.2) is 79.0 Å². The van der Waals surface area contributed by atoms with Crippen molar-refractivity contribution in [2.24, 2.45) is 0 Å². The van der Waals surface area contributed by atoms with Crippen molar-refractivity contribution in [1.82, 2.24) is 14.5 Å². The van der Waals surface area contributed by atoms with Crippen molar-refractivity contribution in [2.75, 3.05) is 0 Å². The summed E-state index contributed by atoms with van der Waals surface area (Å²) >= 11 is 6.16. The molecule has 0 amide bonds.